The lowest BCUT2D eigenvalue weighted by Crippen LogP contribution is -2.34. The Kier molecular flexibility index (Phi) is 5.86. The van der Waals surface area contributed by atoms with E-state index >= 15 is 0 Å². The second-order valence-electron chi connectivity index (χ2n) is 7.44. The highest BCUT2D eigenvalue weighted by Gasteiger charge is 2.22. The molecule has 0 unspecified atom stereocenters. The monoisotopic (exact) mass is 384 g/mol. The zero-order valence-electron chi connectivity index (χ0n) is 16.4. The molecule has 1 saturated heterocycles. The van der Waals surface area contributed by atoms with Crippen molar-refractivity contribution < 1.29 is 18.7 Å². The lowest BCUT2D eigenvalue weighted by atomic mass is 10.2. The van der Waals surface area contributed by atoms with Crippen molar-refractivity contribution in [1.29, 1.82) is 0 Å². The number of para-hydroxylation sites is 2. The minimum Gasteiger partial charge on any atom is -0.486 e. The van der Waals surface area contributed by atoms with E-state index in [2.05, 4.69) is 17.1 Å². The van der Waals surface area contributed by atoms with Crippen molar-refractivity contribution in [3.63, 3.8) is 0 Å². The summed E-state index contributed by atoms with van der Waals surface area (Å²) in [6.07, 6.45) is 3.92. The molecular weight excluding hydrogens is 356 g/mol. The number of hydrogen-bond donors (Lipinski definition) is 1. The van der Waals surface area contributed by atoms with Gasteiger partial charge in [0, 0.05) is 31.5 Å². The van der Waals surface area contributed by atoms with Crippen molar-refractivity contribution in [2.24, 2.45) is 0 Å². The van der Waals surface area contributed by atoms with Crippen LogP contribution in [0.2, 0.25) is 0 Å². The van der Waals surface area contributed by atoms with Gasteiger partial charge in [0.15, 0.2) is 17.3 Å². The molecule has 3 heterocycles. The Morgan fingerprint density at radius 1 is 1.21 bits per heavy atom. The topological polar surface area (TPSA) is 63.9 Å². The standard InChI is InChI=1S/C22H28N2O4/c1-2-18-16(14-24-11-5-6-12-24)13-21(28-18)22(25)23-10-9-17-15-26-19-7-3-4-8-20(19)27-17/h3-4,7-8,13,17H,2,5-6,9-12,14-15H2,1H3,(H,23,25)/t17-/m1/s1. The number of carbonyl (C=O) groups is 1. The summed E-state index contributed by atoms with van der Waals surface area (Å²) in [5.41, 5.74) is 1.13. The van der Waals surface area contributed by atoms with Crippen LogP contribution >= 0.6 is 0 Å². The van der Waals surface area contributed by atoms with E-state index in [4.69, 9.17) is 13.9 Å². The van der Waals surface area contributed by atoms with Crippen LogP contribution in [0.1, 0.15) is 48.1 Å². The summed E-state index contributed by atoms with van der Waals surface area (Å²) < 4.78 is 17.5. The zero-order valence-corrected chi connectivity index (χ0v) is 16.4. The second-order valence-corrected chi connectivity index (χ2v) is 7.44. The highest BCUT2D eigenvalue weighted by molar-refractivity contribution is 5.91. The third-order valence-corrected chi connectivity index (χ3v) is 5.35. The maximum atomic E-state index is 12.5. The summed E-state index contributed by atoms with van der Waals surface area (Å²) in [5.74, 6) is 2.68. The predicted molar refractivity (Wildman–Crippen MR) is 106 cm³/mol. The maximum absolute atomic E-state index is 12.5. The van der Waals surface area contributed by atoms with Crippen molar-refractivity contribution in [1.82, 2.24) is 10.2 Å². The van der Waals surface area contributed by atoms with E-state index in [1.165, 1.54) is 12.8 Å². The van der Waals surface area contributed by atoms with E-state index < -0.39 is 0 Å². The van der Waals surface area contributed by atoms with Gasteiger partial charge in [0.1, 0.15) is 18.5 Å². The molecule has 6 heteroatoms. The summed E-state index contributed by atoms with van der Waals surface area (Å²) >= 11 is 0. The van der Waals surface area contributed by atoms with Crippen LogP contribution in [0.15, 0.2) is 34.7 Å². The molecule has 4 rings (SSSR count). The van der Waals surface area contributed by atoms with Gasteiger partial charge in [-0.05, 0) is 44.1 Å². The minimum absolute atomic E-state index is 0.0660. The van der Waals surface area contributed by atoms with E-state index in [0.717, 1.165) is 48.9 Å². The molecule has 6 nitrogen and oxygen atoms in total. The van der Waals surface area contributed by atoms with Crippen LogP contribution in [-0.2, 0) is 13.0 Å². The first kappa shape index (κ1) is 18.9. The number of hydrogen-bond acceptors (Lipinski definition) is 5. The number of furan rings is 1. The number of nitrogens with one attached hydrogen (secondary N) is 1. The fraction of sp³-hybridized carbons (Fsp3) is 0.500. The van der Waals surface area contributed by atoms with E-state index in [1.807, 2.05) is 30.3 Å². The first-order chi connectivity index (χ1) is 13.7. The average molecular weight is 384 g/mol. The Morgan fingerprint density at radius 2 is 2.00 bits per heavy atom. The molecule has 1 fully saturated rings. The van der Waals surface area contributed by atoms with Crippen LogP contribution in [-0.4, -0.2) is 43.2 Å². The summed E-state index contributed by atoms with van der Waals surface area (Å²) in [4.78, 5) is 14.9. The number of carbonyl (C=O) groups excluding carboxylic acids is 1. The number of benzene rings is 1. The van der Waals surface area contributed by atoms with Gasteiger partial charge in [-0.15, -0.1) is 0 Å². The third kappa shape index (κ3) is 4.33. The summed E-state index contributed by atoms with van der Waals surface area (Å²) in [6, 6.07) is 9.55. The first-order valence-electron chi connectivity index (χ1n) is 10.2. The largest absolute Gasteiger partial charge is 0.486 e. The molecule has 2 aliphatic heterocycles. The molecule has 0 saturated carbocycles. The number of likely N-dealkylation sites (tertiary alicyclic amines) is 1. The van der Waals surface area contributed by atoms with Gasteiger partial charge < -0.3 is 19.2 Å². The average Bonchev–Trinajstić information content (AvgIpc) is 3.38. The molecular formula is C22H28N2O4. The highest BCUT2D eigenvalue weighted by Crippen LogP contribution is 2.31. The van der Waals surface area contributed by atoms with E-state index in [9.17, 15) is 4.79 Å². The van der Waals surface area contributed by atoms with Gasteiger partial charge >= 0.3 is 0 Å². The van der Waals surface area contributed by atoms with Crippen molar-refractivity contribution in [3.05, 3.63) is 47.4 Å². The predicted octanol–water partition coefficient (Wildman–Crippen LogP) is 3.40. The van der Waals surface area contributed by atoms with Gasteiger partial charge in [-0.2, -0.15) is 0 Å². The molecule has 150 valence electrons. The summed E-state index contributed by atoms with van der Waals surface area (Å²) in [6.45, 7) is 6.19. The Morgan fingerprint density at radius 3 is 2.79 bits per heavy atom. The SMILES string of the molecule is CCc1oc(C(=O)NCC[C@@H]2COc3ccccc3O2)cc1CN1CCCC1. The van der Waals surface area contributed by atoms with Gasteiger partial charge in [-0.25, -0.2) is 0 Å². The van der Waals surface area contributed by atoms with Gasteiger partial charge in [0.05, 0.1) is 0 Å². The molecule has 0 bridgehead atoms. The van der Waals surface area contributed by atoms with Crippen LogP contribution in [0.5, 0.6) is 11.5 Å². The smallest absolute Gasteiger partial charge is 0.287 e. The molecule has 1 atom stereocenters. The minimum atomic E-state index is -0.167. The van der Waals surface area contributed by atoms with Crippen LogP contribution in [0.3, 0.4) is 0 Å². The van der Waals surface area contributed by atoms with Crippen LogP contribution < -0.4 is 14.8 Å². The van der Waals surface area contributed by atoms with E-state index in [1.54, 1.807) is 0 Å². The van der Waals surface area contributed by atoms with Gasteiger partial charge in [0.2, 0.25) is 0 Å². The van der Waals surface area contributed by atoms with E-state index in [0.29, 0.717) is 25.3 Å². The lowest BCUT2D eigenvalue weighted by molar-refractivity contribution is 0.0803. The molecule has 0 spiro atoms. The normalized spacial score (nSPS) is 19.0. The molecule has 0 aliphatic carbocycles. The molecule has 2 aliphatic rings. The van der Waals surface area contributed by atoms with Gasteiger partial charge in [-0.1, -0.05) is 19.1 Å². The fourth-order valence-electron chi connectivity index (χ4n) is 3.83. The Hall–Kier alpha value is -2.47. The van der Waals surface area contributed by atoms with Gasteiger partial charge in [0.25, 0.3) is 5.91 Å². The number of ether oxygens (including phenoxy) is 2. The van der Waals surface area contributed by atoms with Crippen molar-refractivity contribution >= 4 is 5.91 Å². The zero-order chi connectivity index (χ0) is 19.3. The quantitative estimate of drug-likeness (QED) is 0.793. The van der Waals surface area contributed by atoms with Crippen molar-refractivity contribution in [2.45, 2.75) is 45.3 Å². The van der Waals surface area contributed by atoms with Crippen molar-refractivity contribution in [2.75, 3.05) is 26.2 Å². The molecule has 1 N–H and O–H groups in total. The van der Waals surface area contributed by atoms with Crippen molar-refractivity contribution in [3.8, 4) is 11.5 Å². The number of rotatable bonds is 7. The highest BCUT2D eigenvalue weighted by atomic mass is 16.6. The third-order valence-electron chi connectivity index (χ3n) is 5.35. The number of fused-ring (bicyclic) bond motifs is 1. The molecule has 0 radical (unpaired) electrons. The molecule has 2 aromatic rings. The van der Waals surface area contributed by atoms with Crippen LogP contribution in [0.4, 0.5) is 0 Å². The molecule has 28 heavy (non-hydrogen) atoms. The van der Waals surface area contributed by atoms with Crippen LogP contribution in [0.25, 0.3) is 0 Å². The Bertz CT molecular complexity index is 811. The number of nitrogens with zero attached hydrogens (tertiary/aromatic N) is 1. The number of aryl methyl sites for hydroxylation is 1. The second kappa shape index (κ2) is 8.69. The molecule has 1 aromatic heterocycles. The summed E-state index contributed by atoms with van der Waals surface area (Å²) in [5, 5.41) is 2.95. The molecule has 1 aromatic carbocycles. The van der Waals surface area contributed by atoms with Gasteiger partial charge in [-0.3, -0.25) is 9.69 Å². The first-order valence-corrected chi connectivity index (χ1v) is 10.2. The number of amides is 1. The lowest BCUT2D eigenvalue weighted by Gasteiger charge is -2.26. The van der Waals surface area contributed by atoms with E-state index in [-0.39, 0.29) is 12.0 Å². The maximum Gasteiger partial charge on any atom is 0.287 e. The fourth-order valence-corrected chi connectivity index (χ4v) is 3.83. The summed E-state index contributed by atoms with van der Waals surface area (Å²) in [7, 11) is 0. The van der Waals surface area contributed by atoms with Crippen LogP contribution in [0, 0.1) is 0 Å². The molecule has 1 amide bonds. The Labute approximate surface area is 165 Å². The Balaban J connectivity index is 1.28.